The van der Waals surface area contributed by atoms with E-state index in [1.807, 2.05) is 0 Å². The number of aromatic nitrogens is 2. The molecule has 1 atom stereocenters. The predicted molar refractivity (Wildman–Crippen MR) is 65.9 cm³/mol. The summed E-state index contributed by atoms with van der Waals surface area (Å²) in [6.45, 7) is 7.27. The molecule has 0 aliphatic rings. The van der Waals surface area contributed by atoms with Gasteiger partial charge in [-0.1, -0.05) is 0 Å². The highest BCUT2D eigenvalue weighted by atomic mass is 16.5. The minimum atomic E-state index is -0.576. The molecular weight excluding hydrogens is 232 g/mol. The van der Waals surface area contributed by atoms with Crippen LogP contribution in [0.5, 0.6) is 0 Å². The highest BCUT2D eigenvalue weighted by Gasteiger charge is 2.18. The van der Waals surface area contributed by atoms with Gasteiger partial charge in [0.15, 0.2) is 5.82 Å². The number of anilines is 1. The molecule has 0 saturated heterocycles. The molecule has 18 heavy (non-hydrogen) atoms. The van der Waals surface area contributed by atoms with Crippen molar-refractivity contribution in [1.29, 1.82) is 5.26 Å². The van der Waals surface area contributed by atoms with Gasteiger partial charge in [-0.25, -0.2) is 4.79 Å². The number of aryl methyl sites for hydroxylation is 1. The van der Waals surface area contributed by atoms with E-state index < -0.39 is 6.04 Å². The van der Waals surface area contributed by atoms with Crippen LogP contribution in [0.3, 0.4) is 0 Å². The van der Waals surface area contributed by atoms with Crippen molar-refractivity contribution in [3.63, 3.8) is 0 Å². The number of carbonyl (C=O) groups is 1. The molecule has 0 radical (unpaired) electrons. The molecule has 1 aromatic heterocycles. The van der Waals surface area contributed by atoms with E-state index in [0.717, 1.165) is 5.56 Å². The topological polar surface area (TPSA) is 87.9 Å². The zero-order chi connectivity index (χ0) is 13.7. The van der Waals surface area contributed by atoms with Crippen molar-refractivity contribution in [1.82, 2.24) is 10.2 Å². The van der Waals surface area contributed by atoms with Crippen molar-refractivity contribution in [2.75, 3.05) is 11.9 Å². The normalized spacial score (nSPS) is 11.5. The molecule has 1 unspecified atom stereocenters. The highest BCUT2D eigenvalue weighted by Crippen LogP contribution is 2.17. The van der Waals surface area contributed by atoms with Crippen LogP contribution in [0.2, 0.25) is 0 Å². The second kappa shape index (κ2) is 5.96. The van der Waals surface area contributed by atoms with Crippen LogP contribution in [0.1, 0.15) is 30.7 Å². The Balaban J connectivity index is 2.95. The van der Waals surface area contributed by atoms with Crippen molar-refractivity contribution in [3.8, 4) is 6.07 Å². The van der Waals surface area contributed by atoms with Gasteiger partial charge in [-0.05, 0) is 33.3 Å². The van der Waals surface area contributed by atoms with Crippen LogP contribution in [-0.2, 0) is 9.53 Å². The van der Waals surface area contributed by atoms with Gasteiger partial charge < -0.3 is 10.1 Å². The second-order valence-corrected chi connectivity index (χ2v) is 3.86. The maximum atomic E-state index is 11.5. The molecule has 0 bridgehead atoms. The molecule has 0 aliphatic carbocycles. The second-order valence-electron chi connectivity index (χ2n) is 3.86. The summed E-state index contributed by atoms with van der Waals surface area (Å²) in [5.74, 6) is -0.0810. The largest absolute Gasteiger partial charge is 0.464 e. The van der Waals surface area contributed by atoms with Gasteiger partial charge >= 0.3 is 5.97 Å². The number of nitriles is 1. The van der Waals surface area contributed by atoms with Gasteiger partial charge in [-0.3, -0.25) is 0 Å². The van der Waals surface area contributed by atoms with E-state index in [9.17, 15) is 4.79 Å². The first-order chi connectivity index (χ1) is 8.51. The molecular formula is C12H16N4O2. The third-order valence-corrected chi connectivity index (χ3v) is 2.56. The van der Waals surface area contributed by atoms with E-state index in [-0.39, 0.29) is 5.97 Å². The molecule has 1 rings (SSSR count). The highest BCUT2D eigenvalue weighted by molar-refractivity contribution is 5.79. The number of nitrogens with zero attached hydrogens (tertiary/aromatic N) is 3. The Morgan fingerprint density at radius 1 is 1.50 bits per heavy atom. The lowest BCUT2D eigenvalue weighted by molar-refractivity contribution is -0.143. The quantitative estimate of drug-likeness (QED) is 0.809. The number of rotatable bonds is 4. The standard InChI is InChI=1S/C12H16N4O2/c1-5-18-12(17)9(4)14-11-10(6-13)7(2)8(3)15-16-11/h9H,5H2,1-4H3,(H,14,16). The number of hydrogen-bond acceptors (Lipinski definition) is 6. The smallest absolute Gasteiger partial charge is 0.328 e. The minimum absolute atomic E-state index is 0.307. The van der Waals surface area contributed by atoms with Crippen LogP contribution in [-0.4, -0.2) is 28.8 Å². The Labute approximate surface area is 106 Å². The Bertz CT molecular complexity index is 494. The average molecular weight is 248 g/mol. The summed E-state index contributed by atoms with van der Waals surface area (Å²) < 4.78 is 4.87. The zero-order valence-electron chi connectivity index (χ0n) is 10.9. The maximum absolute atomic E-state index is 11.5. The van der Waals surface area contributed by atoms with E-state index in [4.69, 9.17) is 10.00 Å². The molecule has 0 aliphatic heterocycles. The van der Waals surface area contributed by atoms with Crippen LogP contribution in [0.25, 0.3) is 0 Å². The molecule has 96 valence electrons. The van der Waals surface area contributed by atoms with Gasteiger partial charge in [-0.2, -0.15) is 10.4 Å². The van der Waals surface area contributed by atoms with E-state index in [2.05, 4.69) is 21.6 Å². The fraction of sp³-hybridized carbons (Fsp3) is 0.500. The first kappa shape index (κ1) is 13.9. The molecule has 0 amide bonds. The summed E-state index contributed by atoms with van der Waals surface area (Å²) in [6.07, 6.45) is 0. The fourth-order valence-corrected chi connectivity index (χ4v) is 1.38. The summed E-state index contributed by atoms with van der Waals surface area (Å²) >= 11 is 0. The van der Waals surface area contributed by atoms with Crippen LogP contribution < -0.4 is 5.32 Å². The number of carbonyl (C=O) groups excluding carboxylic acids is 1. The summed E-state index contributed by atoms with van der Waals surface area (Å²) in [5.41, 5.74) is 1.85. The lowest BCUT2D eigenvalue weighted by Gasteiger charge is -2.14. The monoisotopic (exact) mass is 248 g/mol. The average Bonchev–Trinajstić information content (AvgIpc) is 2.34. The number of nitrogens with one attached hydrogen (secondary N) is 1. The number of ether oxygens (including phenoxy) is 1. The zero-order valence-corrected chi connectivity index (χ0v) is 10.9. The molecule has 1 heterocycles. The molecule has 6 heteroatoms. The molecule has 1 N–H and O–H groups in total. The van der Waals surface area contributed by atoms with E-state index in [1.54, 1.807) is 27.7 Å². The molecule has 6 nitrogen and oxygen atoms in total. The van der Waals surface area contributed by atoms with Crippen LogP contribution in [0, 0.1) is 25.2 Å². The first-order valence-corrected chi connectivity index (χ1v) is 5.68. The summed E-state index contributed by atoms with van der Waals surface area (Å²) in [7, 11) is 0. The van der Waals surface area contributed by atoms with Gasteiger partial charge in [0.2, 0.25) is 0 Å². The molecule has 1 aromatic rings. The SMILES string of the molecule is CCOC(=O)C(C)Nc1nnc(C)c(C)c1C#N. The van der Waals surface area contributed by atoms with E-state index >= 15 is 0 Å². The Kier molecular flexibility index (Phi) is 4.60. The maximum Gasteiger partial charge on any atom is 0.328 e. The van der Waals surface area contributed by atoms with Crippen LogP contribution >= 0.6 is 0 Å². The van der Waals surface area contributed by atoms with E-state index in [0.29, 0.717) is 23.7 Å². The molecule has 0 fully saturated rings. The minimum Gasteiger partial charge on any atom is -0.464 e. The van der Waals surface area contributed by atoms with Gasteiger partial charge in [0.25, 0.3) is 0 Å². The lowest BCUT2D eigenvalue weighted by Crippen LogP contribution is -2.29. The van der Waals surface area contributed by atoms with Gasteiger partial charge in [-0.15, -0.1) is 5.10 Å². The van der Waals surface area contributed by atoms with E-state index in [1.165, 1.54) is 0 Å². The Morgan fingerprint density at radius 3 is 2.72 bits per heavy atom. The Hall–Kier alpha value is -2.16. The third-order valence-electron chi connectivity index (χ3n) is 2.56. The van der Waals surface area contributed by atoms with Crippen LogP contribution in [0.4, 0.5) is 5.82 Å². The fourth-order valence-electron chi connectivity index (χ4n) is 1.38. The van der Waals surface area contributed by atoms with Crippen molar-refractivity contribution >= 4 is 11.8 Å². The number of hydrogen-bond donors (Lipinski definition) is 1. The summed E-state index contributed by atoms with van der Waals surface area (Å²) in [6, 6.07) is 1.49. The summed E-state index contributed by atoms with van der Waals surface area (Å²) in [4.78, 5) is 11.5. The molecule has 0 saturated carbocycles. The molecule has 0 aromatic carbocycles. The van der Waals surface area contributed by atoms with Crippen LogP contribution in [0.15, 0.2) is 0 Å². The van der Waals surface area contributed by atoms with Crippen molar-refractivity contribution in [3.05, 3.63) is 16.8 Å². The third kappa shape index (κ3) is 2.94. The van der Waals surface area contributed by atoms with Gasteiger partial charge in [0.05, 0.1) is 12.3 Å². The van der Waals surface area contributed by atoms with Crippen molar-refractivity contribution < 1.29 is 9.53 Å². The van der Waals surface area contributed by atoms with Gasteiger partial charge in [0.1, 0.15) is 17.7 Å². The predicted octanol–water partition coefficient (Wildman–Crippen LogP) is 1.33. The first-order valence-electron chi connectivity index (χ1n) is 5.68. The summed E-state index contributed by atoms with van der Waals surface area (Å²) in [5, 5.41) is 19.8. The molecule has 0 spiro atoms. The lowest BCUT2D eigenvalue weighted by atomic mass is 10.1. The van der Waals surface area contributed by atoms with Crippen molar-refractivity contribution in [2.24, 2.45) is 0 Å². The van der Waals surface area contributed by atoms with Gasteiger partial charge in [0, 0.05) is 0 Å². The number of esters is 1. The van der Waals surface area contributed by atoms with Crippen molar-refractivity contribution in [2.45, 2.75) is 33.7 Å². The Morgan fingerprint density at radius 2 is 2.17 bits per heavy atom.